The molecule has 2 fully saturated rings. The molecule has 2 unspecified atom stereocenters. The predicted molar refractivity (Wildman–Crippen MR) is 83.3 cm³/mol. The van der Waals surface area contributed by atoms with E-state index in [1.165, 1.54) is 59.9 Å². The number of hydrogen-bond acceptors (Lipinski definition) is 0. The molecule has 0 bridgehead atoms. The van der Waals surface area contributed by atoms with Crippen molar-refractivity contribution in [3.8, 4) is 0 Å². The van der Waals surface area contributed by atoms with Gasteiger partial charge in [-0.15, -0.1) is 8.58 Å². The quantitative estimate of drug-likeness (QED) is 0.461. The molecule has 0 aromatic rings. The van der Waals surface area contributed by atoms with Gasteiger partial charge in [0.2, 0.25) is 0 Å². The summed E-state index contributed by atoms with van der Waals surface area (Å²) in [6.07, 6.45) is 21.6. The van der Waals surface area contributed by atoms with Crippen molar-refractivity contribution in [2.24, 2.45) is 5.92 Å². The highest BCUT2D eigenvalue weighted by atomic mass is 31.1. The first-order valence-electron chi connectivity index (χ1n) is 8.16. The molecule has 2 heteroatoms. The first kappa shape index (κ1) is 13.9. The van der Waals surface area contributed by atoms with E-state index in [1.807, 2.05) is 0 Å². The van der Waals surface area contributed by atoms with Crippen LogP contribution in [0.5, 0.6) is 0 Å². The maximum Gasteiger partial charge on any atom is 0.140 e. The van der Waals surface area contributed by atoms with Crippen molar-refractivity contribution >= 4 is 15.3 Å². The Morgan fingerprint density at radius 1 is 0.824 bits per heavy atom. The van der Waals surface area contributed by atoms with Crippen LogP contribution in [-0.2, 0) is 0 Å². The fraction of sp³-hybridized carbons (Fsp3) is 1.00. The van der Waals surface area contributed by atoms with Crippen molar-refractivity contribution in [1.29, 1.82) is 0 Å². The van der Waals surface area contributed by atoms with Crippen LogP contribution in [0.2, 0.25) is 19.0 Å². The van der Waals surface area contributed by atoms with E-state index in [2.05, 4.69) is 0 Å². The zero-order valence-electron chi connectivity index (χ0n) is 11.6. The molecule has 2 saturated heterocycles. The summed E-state index contributed by atoms with van der Waals surface area (Å²) in [6, 6.07) is 0. The van der Waals surface area contributed by atoms with Crippen molar-refractivity contribution < 1.29 is 0 Å². The molecule has 2 aliphatic rings. The topological polar surface area (TPSA) is 0 Å². The predicted octanol–water partition coefficient (Wildman–Crippen LogP) is 5.31. The Labute approximate surface area is 111 Å². The van der Waals surface area contributed by atoms with Gasteiger partial charge in [0.25, 0.3) is 0 Å². The van der Waals surface area contributed by atoms with Crippen LogP contribution in [-0.4, -0.2) is 19.0 Å². The number of rotatable bonds is 2. The van der Waals surface area contributed by atoms with Gasteiger partial charge >= 0.3 is 0 Å². The van der Waals surface area contributed by atoms with Crippen LogP contribution in [0.1, 0.15) is 57.8 Å². The molecule has 0 amide bonds. The van der Waals surface area contributed by atoms with Gasteiger partial charge in [-0.05, 0) is 24.7 Å². The molecular weight excluding hydrogens is 222 g/mol. The molecule has 0 nitrogen and oxygen atoms in total. The van der Waals surface area contributed by atoms with Crippen molar-refractivity contribution in [3.05, 3.63) is 0 Å². The standard InChI is InChI=1S/C15H30BP/c1-2-6-10-16(11-7-3-1)13-15-9-5-4-8-12-17-14-15/h15,17H,1-14H2. The molecule has 0 N–H and O–H groups in total. The van der Waals surface area contributed by atoms with E-state index in [0.717, 1.165) is 12.6 Å². The van der Waals surface area contributed by atoms with E-state index in [1.54, 1.807) is 37.7 Å². The molecule has 2 atom stereocenters. The lowest BCUT2D eigenvalue weighted by molar-refractivity contribution is 0.524. The van der Waals surface area contributed by atoms with Gasteiger partial charge in [0.15, 0.2) is 0 Å². The minimum atomic E-state index is 1.10. The van der Waals surface area contributed by atoms with Crippen LogP contribution in [0.3, 0.4) is 0 Å². The lowest BCUT2D eigenvalue weighted by atomic mass is 9.39. The van der Waals surface area contributed by atoms with Gasteiger partial charge in [-0.25, -0.2) is 0 Å². The second kappa shape index (κ2) is 8.57. The normalized spacial score (nSPS) is 30.4. The molecule has 17 heavy (non-hydrogen) atoms. The third-order valence-corrected chi connectivity index (χ3v) is 6.36. The summed E-state index contributed by atoms with van der Waals surface area (Å²) in [4.78, 5) is 0. The van der Waals surface area contributed by atoms with E-state index in [9.17, 15) is 0 Å². The SMILES string of the molecule is C1CCCB(CC2CCCCCPC2)CCC1. The van der Waals surface area contributed by atoms with Gasteiger partial charge in [0.05, 0.1) is 0 Å². The summed E-state index contributed by atoms with van der Waals surface area (Å²) < 4.78 is 0. The Morgan fingerprint density at radius 2 is 1.53 bits per heavy atom. The molecule has 98 valence electrons. The van der Waals surface area contributed by atoms with Gasteiger partial charge < -0.3 is 0 Å². The monoisotopic (exact) mass is 252 g/mol. The Kier molecular flexibility index (Phi) is 7.02. The zero-order chi connectivity index (χ0) is 11.8. The lowest BCUT2D eigenvalue weighted by Gasteiger charge is -2.24. The van der Waals surface area contributed by atoms with Crippen molar-refractivity contribution in [3.63, 3.8) is 0 Å². The van der Waals surface area contributed by atoms with Crippen LogP contribution >= 0.6 is 8.58 Å². The van der Waals surface area contributed by atoms with E-state index in [0.29, 0.717) is 0 Å². The third kappa shape index (κ3) is 5.78. The Morgan fingerprint density at radius 3 is 2.35 bits per heavy atom. The summed E-state index contributed by atoms with van der Waals surface area (Å²) >= 11 is 0. The highest BCUT2D eigenvalue weighted by Crippen LogP contribution is 2.31. The largest absolute Gasteiger partial charge is 0.140 e. The molecule has 2 heterocycles. The molecular formula is C15H30BP. The molecule has 0 aromatic carbocycles. The Hall–Kier alpha value is 0.495. The average Bonchev–Trinajstić information content (AvgIpc) is 2.24. The second-order valence-corrected chi connectivity index (χ2v) is 7.77. The van der Waals surface area contributed by atoms with Gasteiger partial charge in [-0.3, -0.25) is 0 Å². The molecule has 2 aliphatic heterocycles. The molecule has 0 aliphatic carbocycles. The van der Waals surface area contributed by atoms with Crippen LogP contribution in [0, 0.1) is 5.92 Å². The fourth-order valence-corrected chi connectivity index (χ4v) is 5.20. The first-order valence-corrected chi connectivity index (χ1v) is 9.57. The van der Waals surface area contributed by atoms with Gasteiger partial charge in [0, 0.05) is 0 Å². The first-order chi connectivity index (χ1) is 8.45. The van der Waals surface area contributed by atoms with E-state index in [4.69, 9.17) is 0 Å². The highest BCUT2D eigenvalue weighted by Gasteiger charge is 2.20. The van der Waals surface area contributed by atoms with Gasteiger partial charge in [-0.1, -0.05) is 70.3 Å². The maximum absolute atomic E-state index is 1.59. The number of hydrogen-bond donors (Lipinski definition) is 0. The minimum Gasteiger partial charge on any atom is -0.122 e. The van der Waals surface area contributed by atoms with Crippen LogP contribution in [0.4, 0.5) is 0 Å². The van der Waals surface area contributed by atoms with Crippen molar-refractivity contribution in [2.45, 2.75) is 76.7 Å². The summed E-state index contributed by atoms with van der Waals surface area (Å²) in [5.74, 6) is 1.11. The van der Waals surface area contributed by atoms with E-state index < -0.39 is 0 Å². The van der Waals surface area contributed by atoms with Crippen molar-refractivity contribution in [1.82, 2.24) is 0 Å². The molecule has 2 rings (SSSR count). The minimum absolute atomic E-state index is 1.10. The summed E-state index contributed by atoms with van der Waals surface area (Å²) in [5, 5.41) is 0. The molecule has 0 aromatic heterocycles. The Bertz CT molecular complexity index is 159. The van der Waals surface area contributed by atoms with Gasteiger partial charge in [-0.2, -0.15) is 0 Å². The molecule has 0 spiro atoms. The van der Waals surface area contributed by atoms with Crippen molar-refractivity contribution in [2.75, 3.05) is 12.3 Å². The van der Waals surface area contributed by atoms with E-state index >= 15 is 0 Å². The lowest BCUT2D eigenvalue weighted by Crippen LogP contribution is -2.20. The van der Waals surface area contributed by atoms with Crippen LogP contribution < -0.4 is 0 Å². The van der Waals surface area contributed by atoms with Gasteiger partial charge in [0.1, 0.15) is 6.71 Å². The van der Waals surface area contributed by atoms with Crippen LogP contribution in [0.15, 0.2) is 0 Å². The smallest absolute Gasteiger partial charge is 0.122 e. The van der Waals surface area contributed by atoms with E-state index in [-0.39, 0.29) is 0 Å². The maximum atomic E-state index is 1.59. The highest BCUT2D eigenvalue weighted by molar-refractivity contribution is 7.37. The molecule has 0 radical (unpaired) electrons. The average molecular weight is 252 g/mol. The summed E-state index contributed by atoms with van der Waals surface area (Å²) in [5.41, 5.74) is 0. The fourth-order valence-electron chi connectivity index (χ4n) is 3.72. The van der Waals surface area contributed by atoms with Crippen LogP contribution in [0.25, 0.3) is 0 Å². The third-order valence-electron chi connectivity index (χ3n) is 4.79. The molecule has 0 saturated carbocycles. The summed E-state index contributed by atoms with van der Waals surface area (Å²) in [7, 11) is 1.29. The Balaban J connectivity index is 1.72. The second-order valence-electron chi connectivity index (χ2n) is 6.37. The summed E-state index contributed by atoms with van der Waals surface area (Å²) in [6.45, 7) is 1.10. The zero-order valence-corrected chi connectivity index (χ0v) is 12.6.